The first kappa shape index (κ1) is 11.9. The smallest absolute Gasteiger partial charge is 0.237 e. The molecule has 0 rings (SSSR count). The lowest BCUT2D eigenvalue weighted by Gasteiger charge is -2.15. The first-order valence-electron chi connectivity index (χ1n) is 4.50. The molecular formula is C9H16N2O2. The maximum Gasteiger partial charge on any atom is 0.237 e. The van der Waals surface area contributed by atoms with Crippen molar-refractivity contribution in [3.63, 3.8) is 0 Å². The normalized spacial score (nSPS) is 14.3. The van der Waals surface area contributed by atoms with E-state index in [0.717, 1.165) is 0 Å². The van der Waals surface area contributed by atoms with Crippen LogP contribution in [0.2, 0.25) is 0 Å². The molecule has 0 spiro atoms. The zero-order valence-electron chi connectivity index (χ0n) is 8.08. The fourth-order valence-corrected chi connectivity index (χ4v) is 0.914. The van der Waals surface area contributed by atoms with Gasteiger partial charge in [-0.1, -0.05) is 13.8 Å². The standard InChI is InChI=1S/C9H16N2O2/c1-3-7(5-10)9(13)11-8(4-2)6-12/h7-8,12H,3-4,6H2,1-2H3,(H,11,13). The average Bonchev–Trinajstić information content (AvgIpc) is 2.16. The Bertz CT molecular complexity index is 194. The molecule has 0 aliphatic heterocycles. The number of aliphatic hydroxyl groups is 1. The van der Waals surface area contributed by atoms with Crippen LogP contribution in [0.5, 0.6) is 0 Å². The van der Waals surface area contributed by atoms with Gasteiger partial charge in [-0.05, 0) is 12.8 Å². The highest BCUT2D eigenvalue weighted by Gasteiger charge is 2.17. The summed E-state index contributed by atoms with van der Waals surface area (Å²) in [5.74, 6) is -0.883. The molecule has 0 fully saturated rings. The van der Waals surface area contributed by atoms with Crippen LogP contribution in [0.25, 0.3) is 0 Å². The molecule has 0 aromatic rings. The quantitative estimate of drug-likeness (QED) is 0.650. The highest BCUT2D eigenvalue weighted by molar-refractivity contribution is 5.81. The van der Waals surface area contributed by atoms with Crippen LogP contribution in [0.3, 0.4) is 0 Å². The first-order valence-corrected chi connectivity index (χ1v) is 4.50. The van der Waals surface area contributed by atoms with E-state index < -0.39 is 5.92 Å². The highest BCUT2D eigenvalue weighted by Crippen LogP contribution is 2.01. The largest absolute Gasteiger partial charge is 0.394 e. The predicted molar refractivity (Wildman–Crippen MR) is 48.7 cm³/mol. The van der Waals surface area contributed by atoms with Crippen molar-refractivity contribution in [1.82, 2.24) is 5.32 Å². The summed E-state index contributed by atoms with van der Waals surface area (Å²) in [4.78, 5) is 11.3. The summed E-state index contributed by atoms with van der Waals surface area (Å²) < 4.78 is 0. The van der Waals surface area contributed by atoms with Crippen molar-refractivity contribution in [2.75, 3.05) is 6.61 Å². The molecule has 2 atom stereocenters. The van der Waals surface area contributed by atoms with E-state index in [9.17, 15) is 4.79 Å². The Hall–Kier alpha value is -1.08. The Kier molecular flexibility index (Phi) is 5.90. The summed E-state index contributed by atoms with van der Waals surface area (Å²) in [6.45, 7) is 3.58. The van der Waals surface area contributed by atoms with Crippen molar-refractivity contribution >= 4 is 5.91 Å². The lowest BCUT2D eigenvalue weighted by Crippen LogP contribution is -2.40. The molecule has 0 saturated carbocycles. The van der Waals surface area contributed by atoms with E-state index in [-0.39, 0.29) is 18.6 Å². The number of carbonyl (C=O) groups excluding carboxylic acids is 1. The molecule has 2 N–H and O–H groups in total. The number of nitriles is 1. The fourth-order valence-electron chi connectivity index (χ4n) is 0.914. The highest BCUT2D eigenvalue weighted by atomic mass is 16.3. The molecule has 1 amide bonds. The molecule has 13 heavy (non-hydrogen) atoms. The van der Waals surface area contributed by atoms with Crippen molar-refractivity contribution in [2.24, 2.45) is 5.92 Å². The molecule has 0 heterocycles. The fraction of sp³-hybridized carbons (Fsp3) is 0.778. The molecule has 0 radical (unpaired) electrons. The van der Waals surface area contributed by atoms with Gasteiger partial charge in [-0.25, -0.2) is 0 Å². The van der Waals surface area contributed by atoms with E-state index in [1.807, 2.05) is 13.0 Å². The summed E-state index contributed by atoms with van der Waals surface area (Å²) in [5, 5.41) is 20.0. The first-order chi connectivity index (χ1) is 6.19. The van der Waals surface area contributed by atoms with Crippen LogP contribution in [-0.2, 0) is 4.79 Å². The number of aliphatic hydroxyl groups excluding tert-OH is 1. The zero-order chi connectivity index (χ0) is 10.3. The molecule has 0 aromatic heterocycles. The molecular weight excluding hydrogens is 168 g/mol. The van der Waals surface area contributed by atoms with Gasteiger partial charge >= 0.3 is 0 Å². The number of nitrogens with zero attached hydrogens (tertiary/aromatic N) is 1. The molecule has 4 nitrogen and oxygen atoms in total. The lowest BCUT2D eigenvalue weighted by molar-refractivity contribution is -0.124. The van der Waals surface area contributed by atoms with Crippen molar-refractivity contribution in [1.29, 1.82) is 5.26 Å². The predicted octanol–water partition coefficient (Wildman–Crippen LogP) is 0.423. The third-order valence-electron chi connectivity index (χ3n) is 1.94. The lowest BCUT2D eigenvalue weighted by atomic mass is 10.1. The Morgan fingerprint density at radius 3 is 2.46 bits per heavy atom. The van der Waals surface area contributed by atoms with Gasteiger partial charge in [-0.15, -0.1) is 0 Å². The SMILES string of the molecule is CCC(CO)NC(=O)C(C#N)CC. The van der Waals surface area contributed by atoms with Gasteiger partial charge in [0.2, 0.25) is 5.91 Å². The Balaban J connectivity index is 4.05. The Morgan fingerprint density at radius 1 is 1.54 bits per heavy atom. The van der Waals surface area contributed by atoms with Gasteiger partial charge < -0.3 is 10.4 Å². The molecule has 0 bridgehead atoms. The molecule has 0 aromatic carbocycles. The summed E-state index contributed by atoms with van der Waals surface area (Å²) in [6.07, 6.45) is 1.17. The van der Waals surface area contributed by atoms with Gasteiger partial charge in [0.25, 0.3) is 0 Å². The number of carbonyl (C=O) groups is 1. The number of nitrogens with one attached hydrogen (secondary N) is 1. The van der Waals surface area contributed by atoms with E-state index in [4.69, 9.17) is 10.4 Å². The van der Waals surface area contributed by atoms with Gasteiger partial charge in [-0.2, -0.15) is 5.26 Å². The van der Waals surface area contributed by atoms with Gasteiger partial charge in [0.1, 0.15) is 5.92 Å². The van der Waals surface area contributed by atoms with Crippen molar-refractivity contribution < 1.29 is 9.90 Å². The summed E-state index contributed by atoms with van der Waals surface area (Å²) >= 11 is 0. The van der Waals surface area contributed by atoms with Crippen LogP contribution in [0.4, 0.5) is 0 Å². The molecule has 2 unspecified atom stereocenters. The molecule has 0 aliphatic rings. The third-order valence-corrected chi connectivity index (χ3v) is 1.94. The average molecular weight is 184 g/mol. The minimum Gasteiger partial charge on any atom is -0.394 e. The summed E-state index contributed by atoms with van der Waals surface area (Å²) in [7, 11) is 0. The van der Waals surface area contributed by atoms with Crippen LogP contribution in [0.15, 0.2) is 0 Å². The van der Waals surface area contributed by atoms with Gasteiger partial charge in [0, 0.05) is 0 Å². The number of rotatable bonds is 5. The Morgan fingerprint density at radius 2 is 2.15 bits per heavy atom. The molecule has 0 saturated heterocycles. The second-order valence-electron chi connectivity index (χ2n) is 2.89. The second kappa shape index (κ2) is 6.44. The zero-order valence-corrected chi connectivity index (χ0v) is 8.08. The Labute approximate surface area is 78.6 Å². The van der Waals surface area contributed by atoms with Crippen LogP contribution >= 0.6 is 0 Å². The van der Waals surface area contributed by atoms with E-state index in [2.05, 4.69) is 5.32 Å². The van der Waals surface area contributed by atoms with Gasteiger partial charge in [0.05, 0.1) is 18.7 Å². The number of hydrogen-bond donors (Lipinski definition) is 2. The second-order valence-corrected chi connectivity index (χ2v) is 2.89. The maximum absolute atomic E-state index is 11.3. The summed E-state index contributed by atoms with van der Waals surface area (Å²) in [6, 6.07) is 1.68. The van der Waals surface area contributed by atoms with Crippen LogP contribution in [-0.4, -0.2) is 23.7 Å². The number of amides is 1. The minimum atomic E-state index is -0.597. The molecule has 74 valence electrons. The van der Waals surface area contributed by atoms with Gasteiger partial charge in [-0.3, -0.25) is 4.79 Å². The molecule has 0 aliphatic carbocycles. The monoisotopic (exact) mass is 184 g/mol. The van der Waals surface area contributed by atoms with Crippen molar-refractivity contribution in [3.05, 3.63) is 0 Å². The topological polar surface area (TPSA) is 73.1 Å². The van der Waals surface area contributed by atoms with E-state index in [1.54, 1.807) is 6.92 Å². The number of hydrogen-bond acceptors (Lipinski definition) is 3. The van der Waals surface area contributed by atoms with Crippen molar-refractivity contribution in [3.8, 4) is 6.07 Å². The third kappa shape index (κ3) is 3.90. The van der Waals surface area contributed by atoms with Crippen LogP contribution in [0.1, 0.15) is 26.7 Å². The van der Waals surface area contributed by atoms with E-state index in [1.165, 1.54) is 0 Å². The maximum atomic E-state index is 11.3. The van der Waals surface area contributed by atoms with E-state index >= 15 is 0 Å². The van der Waals surface area contributed by atoms with Crippen molar-refractivity contribution in [2.45, 2.75) is 32.7 Å². The van der Waals surface area contributed by atoms with Crippen LogP contribution < -0.4 is 5.32 Å². The van der Waals surface area contributed by atoms with Gasteiger partial charge in [0.15, 0.2) is 0 Å². The van der Waals surface area contributed by atoms with E-state index in [0.29, 0.717) is 12.8 Å². The summed E-state index contributed by atoms with van der Waals surface area (Å²) in [5.41, 5.74) is 0. The molecule has 4 heteroatoms. The minimum absolute atomic E-state index is 0.0793. The van der Waals surface area contributed by atoms with Crippen LogP contribution in [0, 0.1) is 17.2 Å².